The Morgan fingerprint density at radius 2 is 1.79 bits per heavy atom. The van der Waals surface area contributed by atoms with Crippen LogP contribution >= 0.6 is 24.8 Å². The van der Waals surface area contributed by atoms with Crippen molar-refractivity contribution >= 4 is 30.7 Å². The lowest BCUT2D eigenvalue weighted by molar-refractivity contribution is -0.120. The van der Waals surface area contributed by atoms with Crippen LogP contribution < -0.4 is 10.6 Å². The van der Waals surface area contributed by atoms with Crippen molar-refractivity contribution in [2.75, 3.05) is 32.7 Å². The fourth-order valence-electron chi connectivity index (χ4n) is 3.17. The van der Waals surface area contributed by atoms with Crippen molar-refractivity contribution in [1.29, 1.82) is 0 Å². The molecule has 2 aliphatic rings. The molecule has 1 atom stereocenters. The Hall–Kier alpha value is -0.810. The standard InChI is InChI=1S/C18H27N3O.2ClH/c22-18(14-19-12-15-8-9-15)20-13-17(21-10-4-5-11-21)16-6-2-1-3-7-16;;/h1-3,6-7,15,17,19H,4-5,8-14H2,(H,20,22);2*1H. The smallest absolute Gasteiger partial charge is 0.234 e. The Morgan fingerprint density at radius 3 is 2.42 bits per heavy atom. The van der Waals surface area contributed by atoms with E-state index in [4.69, 9.17) is 0 Å². The van der Waals surface area contributed by atoms with Gasteiger partial charge in [-0.2, -0.15) is 0 Å². The molecule has 1 saturated heterocycles. The first-order chi connectivity index (χ1) is 10.8. The molecule has 1 saturated carbocycles. The van der Waals surface area contributed by atoms with Gasteiger partial charge in [0.1, 0.15) is 0 Å². The number of nitrogens with one attached hydrogen (secondary N) is 2. The highest BCUT2D eigenvalue weighted by Crippen LogP contribution is 2.27. The number of benzene rings is 1. The molecule has 1 heterocycles. The van der Waals surface area contributed by atoms with Crippen LogP contribution in [0.5, 0.6) is 0 Å². The highest BCUT2D eigenvalue weighted by molar-refractivity contribution is 5.85. The summed E-state index contributed by atoms with van der Waals surface area (Å²) in [6, 6.07) is 10.8. The summed E-state index contributed by atoms with van der Waals surface area (Å²) in [5.41, 5.74) is 1.30. The number of hydrogen-bond donors (Lipinski definition) is 2. The zero-order valence-corrected chi connectivity index (χ0v) is 15.7. The Bertz CT molecular complexity index is 476. The third kappa shape index (κ3) is 6.60. The van der Waals surface area contributed by atoms with Crippen LogP contribution in [0, 0.1) is 5.92 Å². The zero-order chi connectivity index (χ0) is 15.2. The van der Waals surface area contributed by atoms with Crippen molar-refractivity contribution in [3.63, 3.8) is 0 Å². The van der Waals surface area contributed by atoms with Crippen molar-refractivity contribution in [2.45, 2.75) is 31.7 Å². The van der Waals surface area contributed by atoms with Crippen LogP contribution in [0.2, 0.25) is 0 Å². The average Bonchev–Trinajstić information content (AvgIpc) is 3.21. The van der Waals surface area contributed by atoms with Crippen molar-refractivity contribution in [3.8, 4) is 0 Å². The summed E-state index contributed by atoms with van der Waals surface area (Å²) < 4.78 is 0. The Labute approximate surface area is 157 Å². The summed E-state index contributed by atoms with van der Waals surface area (Å²) in [5.74, 6) is 0.926. The van der Waals surface area contributed by atoms with E-state index in [1.54, 1.807) is 0 Å². The van der Waals surface area contributed by atoms with Crippen LogP contribution in [0.4, 0.5) is 0 Å². The van der Waals surface area contributed by atoms with Gasteiger partial charge in [-0.3, -0.25) is 9.69 Å². The summed E-state index contributed by atoms with van der Waals surface area (Å²) in [5, 5.41) is 6.36. The molecular formula is C18H29Cl2N3O. The molecule has 24 heavy (non-hydrogen) atoms. The number of carbonyl (C=O) groups excluding carboxylic acids is 1. The van der Waals surface area contributed by atoms with Gasteiger partial charge >= 0.3 is 0 Å². The number of halogens is 2. The molecule has 136 valence electrons. The summed E-state index contributed by atoms with van der Waals surface area (Å²) in [4.78, 5) is 14.5. The lowest BCUT2D eigenvalue weighted by Crippen LogP contribution is -2.40. The van der Waals surface area contributed by atoms with Crippen LogP contribution in [0.1, 0.15) is 37.3 Å². The van der Waals surface area contributed by atoms with E-state index < -0.39 is 0 Å². The number of likely N-dealkylation sites (tertiary alicyclic amines) is 1. The molecule has 2 fully saturated rings. The zero-order valence-electron chi connectivity index (χ0n) is 14.1. The maximum atomic E-state index is 12.0. The summed E-state index contributed by atoms with van der Waals surface area (Å²) >= 11 is 0. The molecule has 3 rings (SSSR count). The van der Waals surface area contributed by atoms with Gasteiger partial charge in [0.05, 0.1) is 12.6 Å². The molecular weight excluding hydrogens is 345 g/mol. The van der Waals surface area contributed by atoms with Gasteiger partial charge in [-0.15, -0.1) is 24.8 Å². The maximum absolute atomic E-state index is 12.0. The van der Waals surface area contributed by atoms with Crippen LogP contribution in [0.15, 0.2) is 30.3 Å². The molecule has 0 radical (unpaired) electrons. The van der Waals surface area contributed by atoms with Gasteiger partial charge in [0.15, 0.2) is 0 Å². The number of carbonyl (C=O) groups is 1. The quantitative estimate of drug-likeness (QED) is 0.736. The highest BCUT2D eigenvalue weighted by Gasteiger charge is 2.24. The molecule has 1 aliphatic carbocycles. The second-order valence-corrected chi connectivity index (χ2v) is 6.55. The van der Waals surface area contributed by atoms with E-state index in [-0.39, 0.29) is 30.7 Å². The van der Waals surface area contributed by atoms with Crippen LogP contribution in [-0.4, -0.2) is 43.5 Å². The van der Waals surface area contributed by atoms with Crippen molar-refractivity contribution in [3.05, 3.63) is 35.9 Å². The Morgan fingerprint density at radius 1 is 1.12 bits per heavy atom. The van der Waals surface area contributed by atoms with E-state index in [1.807, 2.05) is 6.07 Å². The third-order valence-electron chi connectivity index (χ3n) is 4.67. The first-order valence-electron chi connectivity index (χ1n) is 8.59. The molecule has 1 aromatic rings. The number of hydrogen-bond acceptors (Lipinski definition) is 3. The fourth-order valence-corrected chi connectivity index (χ4v) is 3.17. The lowest BCUT2D eigenvalue weighted by atomic mass is 10.1. The summed E-state index contributed by atoms with van der Waals surface area (Å²) in [6.07, 6.45) is 5.17. The van der Waals surface area contributed by atoms with Crippen LogP contribution in [0.25, 0.3) is 0 Å². The second kappa shape index (κ2) is 10.9. The normalized spacial score (nSPS) is 18.3. The minimum absolute atomic E-state index is 0. The first-order valence-corrected chi connectivity index (χ1v) is 8.59. The monoisotopic (exact) mass is 373 g/mol. The van der Waals surface area contributed by atoms with E-state index >= 15 is 0 Å². The molecule has 0 bridgehead atoms. The van der Waals surface area contributed by atoms with E-state index in [0.717, 1.165) is 25.6 Å². The van der Waals surface area contributed by atoms with Gasteiger partial charge in [-0.05, 0) is 56.8 Å². The topological polar surface area (TPSA) is 44.4 Å². The van der Waals surface area contributed by atoms with Crippen LogP contribution in [-0.2, 0) is 4.79 Å². The van der Waals surface area contributed by atoms with E-state index in [0.29, 0.717) is 19.1 Å². The van der Waals surface area contributed by atoms with E-state index in [2.05, 4.69) is 39.8 Å². The largest absolute Gasteiger partial charge is 0.353 e. The van der Waals surface area contributed by atoms with Gasteiger partial charge in [0.2, 0.25) is 5.91 Å². The minimum atomic E-state index is 0. The first kappa shape index (κ1) is 21.2. The van der Waals surface area contributed by atoms with Gasteiger partial charge in [0, 0.05) is 6.54 Å². The lowest BCUT2D eigenvalue weighted by Gasteiger charge is -2.28. The fraction of sp³-hybridized carbons (Fsp3) is 0.611. The van der Waals surface area contributed by atoms with Gasteiger partial charge in [-0.1, -0.05) is 30.3 Å². The Kier molecular flexibility index (Phi) is 9.67. The third-order valence-corrected chi connectivity index (χ3v) is 4.67. The van der Waals surface area contributed by atoms with Crippen LogP contribution in [0.3, 0.4) is 0 Å². The number of amides is 1. The van der Waals surface area contributed by atoms with Gasteiger partial charge < -0.3 is 10.6 Å². The highest BCUT2D eigenvalue weighted by atomic mass is 35.5. The van der Waals surface area contributed by atoms with Gasteiger partial charge in [0.25, 0.3) is 0 Å². The van der Waals surface area contributed by atoms with Crippen molar-refractivity contribution in [1.82, 2.24) is 15.5 Å². The minimum Gasteiger partial charge on any atom is -0.353 e. The van der Waals surface area contributed by atoms with E-state index in [9.17, 15) is 4.79 Å². The Balaban J connectivity index is 0.00000144. The predicted molar refractivity (Wildman–Crippen MR) is 103 cm³/mol. The molecule has 1 unspecified atom stereocenters. The molecule has 1 amide bonds. The predicted octanol–water partition coefficient (Wildman–Crippen LogP) is 2.78. The van der Waals surface area contributed by atoms with E-state index in [1.165, 1.54) is 31.2 Å². The van der Waals surface area contributed by atoms with Gasteiger partial charge in [-0.25, -0.2) is 0 Å². The van der Waals surface area contributed by atoms with Crippen molar-refractivity contribution in [2.24, 2.45) is 5.92 Å². The molecule has 4 nitrogen and oxygen atoms in total. The molecule has 2 N–H and O–H groups in total. The summed E-state index contributed by atoms with van der Waals surface area (Å²) in [6.45, 7) is 4.40. The van der Waals surface area contributed by atoms with Crippen molar-refractivity contribution < 1.29 is 4.79 Å². The maximum Gasteiger partial charge on any atom is 0.234 e. The number of nitrogens with zero attached hydrogens (tertiary/aromatic N) is 1. The molecule has 0 spiro atoms. The molecule has 1 aliphatic heterocycles. The molecule has 1 aromatic carbocycles. The number of rotatable bonds is 8. The summed E-state index contributed by atoms with van der Waals surface area (Å²) in [7, 11) is 0. The molecule has 0 aromatic heterocycles. The molecule has 6 heteroatoms. The average molecular weight is 374 g/mol. The second-order valence-electron chi connectivity index (χ2n) is 6.55. The SMILES string of the molecule is Cl.Cl.O=C(CNCC1CC1)NCC(c1ccccc1)N1CCCC1.